The Hall–Kier alpha value is -1.88. The molecule has 0 spiro atoms. The van der Waals surface area contributed by atoms with Crippen LogP contribution in [0.15, 0.2) is 30.3 Å². The van der Waals surface area contributed by atoms with Gasteiger partial charge in [-0.2, -0.15) is 0 Å². The molecule has 0 saturated heterocycles. The fraction of sp³-hybridized carbons (Fsp3) is 0.500. The van der Waals surface area contributed by atoms with Crippen molar-refractivity contribution in [1.82, 2.24) is 5.32 Å². The summed E-state index contributed by atoms with van der Waals surface area (Å²) in [5.41, 5.74) is 0.405. The van der Waals surface area contributed by atoms with E-state index in [4.69, 9.17) is 9.47 Å². The van der Waals surface area contributed by atoms with Crippen LogP contribution in [0.4, 0.5) is 0 Å². The van der Waals surface area contributed by atoms with E-state index in [1.54, 1.807) is 24.3 Å². The van der Waals surface area contributed by atoms with Crippen molar-refractivity contribution in [3.8, 4) is 0 Å². The van der Waals surface area contributed by atoms with Gasteiger partial charge in [0.15, 0.2) is 0 Å². The second kappa shape index (κ2) is 9.94. The van der Waals surface area contributed by atoms with Gasteiger partial charge in [0.25, 0.3) is 6.23 Å². The molecule has 1 rings (SSSR count). The smallest absolute Gasteiger partial charge is 0.363 e. The van der Waals surface area contributed by atoms with Gasteiger partial charge in [0.1, 0.15) is 0 Å². The minimum absolute atomic E-state index is 0.336. The van der Waals surface area contributed by atoms with Crippen LogP contribution in [0.5, 0.6) is 0 Å². The minimum atomic E-state index is -1.06. The van der Waals surface area contributed by atoms with Crippen LogP contribution in [0.1, 0.15) is 43.5 Å². The lowest BCUT2D eigenvalue weighted by Gasteiger charge is -2.17. The first-order valence-electron chi connectivity index (χ1n) is 7.35. The lowest BCUT2D eigenvalue weighted by molar-refractivity contribution is -0.156. The molecule has 0 radical (unpaired) electrons. The summed E-state index contributed by atoms with van der Waals surface area (Å²) < 4.78 is 10.3. The Labute approximate surface area is 125 Å². The van der Waals surface area contributed by atoms with Crippen LogP contribution in [-0.4, -0.2) is 31.3 Å². The zero-order chi connectivity index (χ0) is 15.5. The lowest BCUT2D eigenvalue weighted by Crippen LogP contribution is -2.42. The predicted molar refractivity (Wildman–Crippen MR) is 79.8 cm³/mol. The molecule has 1 atom stereocenters. The van der Waals surface area contributed by atoms with Crippen molar-refractivity contribution in [3.05, 3.63) is 35.9 Å². The maximum atomic E-state index is 12.0. The van der Waals surface area contributed by atoms with E-state index in [0.29, 0.717) is 18.7 Å². The van der Waals surface area contributed by atoms with Gasteiger partial charge in [0.05, 0.1) is 12.2 Å². The monoisotopic (exact) mass is 293 g/mol. The summed E-state index contributed by atoms with van der Waals surface area (Å²) in [5, 5.41) is 2.88. The van der Waals surface area contributed by atoms with Crippen molar-refractivity contribution in [2.24, 2.45) is 0 Å². The van der Waals surface area contributed by atoms with E-state index in [2.05, 4.69) is 5.32 Å². The van der Waals surface area contributed by atoms with Crippen LogP contribution in [0.2, 0.25) is 0 Å². The maximum Gasteiger partial charge on any atom is 0.363 e. The standard InChI is InChI=1S/C16H23NO4/c1-3-5-12-20-16(19)14(17-11-4-2)21-15(18)13-9-7-6-8-10-13/h6-10,14,17H,3-5,11-12H2,1-2H3. The van der Waals surface area contributed by atoms with Crippen LogP contribution in [0.3, 0.4) is 0 Å². The normalized spacial score (nSPS) is 11.7. The third-order valence-electron chi connectivity index (χ3n) is 2.77. The number of unbranched alkanes of at least 4 members (excludes halogenated alkanes) is 1. The van der Waals surface area contributed by atoms with E-state index in [1.807, 2.05) is 19.9 Å². The first-order chi connectivity index (χ1) is 10.2. The van der Waals surface area contributed by atoms with Gasteiger partial charge in [0, 0.05) is 0 Å². The molecular formula is C16H23NO4. The number of hydrogen-bond acceptors (Lipinski definition) is 5. The quantitative estimate of drug-likeness (QED) is 0.430. The highest BCUT2D eigenvalue weighted by Gasteiger charge is 2.24. The van der Waals surface area contributed by atoms with Gasteiger partial charge in [-0.15, -0.1) is 0 Å². The Morgan fingerprint density at radius 1 is 1.14 bits per heavy atom. The molecule has 116 valence electrons. The summed E-state index contributed by atoms with van der Waals surface area (Å²) >= 11 is 0. The highest BCUT2D eigenvalue weighted by atomic mass is 16.6. The topological polar surface area (TPSA) is 64.6 Å². The van der Waals surface area contributed by atoms with E-state index in [-0.39, 0.29) is 0 Å². The van der Waals surface area contributed by atoms with Gasteiger partial charge in [-0.1, -0.05) is 38.5 Å². The SMILES string of the molecule is CCCCOC(=O)C(NCCC)OC(=O)c1ccccc1. The number of carbonyl (C=O) groups is 2. The molecule has 5 heteroatoms. The fourth-order valence-corrected chi connectivity index (χ4v) is 1.59. The van der Waals surface area contributed by atoms with E-state index < -0.39 is 18.2 Å². The molecule has 0 bridgehead atoms. The average molecular weight is 293 g/mol. The van der Waals surface area contributed by atoms with Crippen molar-refractivity contribution >= 4 is 11.9 Å². The van der Waals surface area contributed by atoms with Gasteiger partial charge in [-0.25, -0.2) is 9.59 Å². The summed E-state index contributed by atoms with van der Waals surface area (Å²) in [6.45, 7) is 4.87. The molecule has 0 aliphatic heterocycles. The van der Waals surface area contributed by atoms with Gasteiger partial charge in [0.2, 0.25) is 0 Å². The average Bonchev–Trinajstić information content (AvgIpc) is 2.52. The summed E-state index contributed by atoms with van der Waals surface area (Å²) in [6.07, 6.45) is 1.49. The third-order valence-corrected chi connectivity index (χ3v) is 2.77. The number of ether oxygens (including phenoxy) is 2. The second-order valence-electron chi connectivity index (χ2n) is 4.63. The highest BCUT2D eigenvalue weighted by molar-refractivity contribution is 5.91. The highest BCUT2D eigenvalue weighted by Crippen LogP contribution is 2.04. The molecule has 1 aromatic carbocycles. The van der Waals surface area contributed by atoms with E-state index in [9.17, 15) is 9.59 Å². The summed E-state index contributed by atoms with van der Waals surface area (Å²) in [6, 6.07) is 8.57. The Balaban J connectivity index is 2.60. The van der Waals surface area contributed by atoms with Crippen molar-refractivity contribution < 1.29 is 19.1 Å². The van der Waals surface area contributed by atoms with Gasteiger partial charge in [-0.05, 0) is 31.5 Å². The predicted octanol–water partition coefficient (Wildman–Crippen LogP) is 2.51. The van der Waals surface area contributed by atoms with Crippen LogP contribution < -0.4 is 5.32 Å². The number of rotatable bonds is 9. The molecule has 0 fully saturated rings. The molecule has 0 heterocycles. The molecule has 0 aliphatic carbocycles. The Bertz CT molecular complexity index is 433. The first kappa shape index (κ1) is 17.2. The number of esters is 2. The second-order valence-corrected chi connectivity index (χ2v) is 4.63. The van der Waals surface area contributed by atoms with Crippen molar-refractivity contribution in [2.75, 3.05) is 13.2 Å². The molecular weight excluding hydrogens is 270 g/mol. The van der Waals surface area contributed by atoms with Crippen molar-refractivity contribution in [1.29, 1.82) is 0 Å². The van der Waals surface area contributed by atoms with E-state index in [1.165, 1.54) is 0 Å². The molecule has 0 aromatic heterocycles. The molecule has 5 nitrogen and oxygen atoms in total. The largest absolute Gasteiger partial charge is 0.462 e. The van der Waals surface area contributed by atoms with Crippen LogP contribution in [-0.2, 0) is 14.3 Å². The number of hydrogen-bond donors (Lipinski definition) is 1. The number of carbonyl (C=O) groups excluding carboxylic acids is 2. The van der Waals surface area contributed by atoms with Crippen LogP contribution in [0, 0.1) is 0 Å². The van der Waals surface area contributed by atoms with E-state index >= 15 is 0 Å². The Kier molecular flexibility index (Phi) is 8.12. The number of benzene rings is 1. The van der Waals surface area contributed by atoms with Crippen LogP contribution >= 0.6 is 0 Å². The molecule has 0 aliphatic rings. The van der Waals surface area contributed by atoms with Gasteiger partial charge in [-0.3, -0.25) is 5.32 Å². The lowest BCUT2D eigenvalue weighted by atomic mass is 10.2. The van der Waals surface area contributed by atoms with Crippen LogP contribution in [0.25, 0.3) is 0 Å². The molecule has 21 heavy (non-hydrogen) atoms. The first-order valence-corrected chi connectivity index (χ1v) is 7.35. The third kappa shape index (κ3) is 6.40. The summed E-state index contributed by atoms with van der Waals surface area (Å²) in [5.74, 6) is -1.10. The summed E-state index contributed by atoms with van der Waals surface area (Å²) in [7, 11) is 0. The maximum absolute atomic E-state index is 12.0. The molecule has 0 amide bonds. The Morgan fingerprint density at radius 2 is 1.86 bits per heavy atom. The fourth-order valence-electron chi connectivity index (χ4n) is 1.59. The zero-order valence-corrected chi connectivity index (χ0v) is 12.6. The molecule has 1 unspecified atom stereocenters. The van der Waals surface area contributed by atoms with E-state index in [0.717, 1.165) is 19.3 Å². The molecule has 0 saturated carbocycles. The molecule has 1 aromatic rings. The number of nitrogens with one attached hydrogen (secondary N) is 1. The van der Waals surface area contributed by atoms with Gasteiger partial charge < -0.3 is 9.47 Å². The molecule has 1 N–H and O–H groups in total. The summed E-state index contributed by atoms with van der Waals surface area (Å²) in [4.78, 5) is 23.9. The van der Waals surface area contributed by atoms with Crippen molar-refractivity contribution in [2.45, 2.75) is 39.3 Å². The van der Waals surface area contributed by atoms with Gasteiger partial charge >= 0.3 is 11.9 Å². The minimum Gasteiger partial charge on any atom is -0.462 e. The van der Waals surface area contributed by atoms with Crippen molar-refractivity contribution in [3.63, 3.8) is 0 Å². The Morgan fingerprint density at radius 3 is 2.48 bits per heavy atom. The zero-order valence-electron chi connectivity index (χ0n) is 12.6.